The topological polar surface area (TPSA) is 114 Å². The predicted molar refractivity (Wildman–Crippen MR) is 165 cm³/mol. The summed E-state index contributed by atoms with van der Waals surface area (Å²) >= 11 is 1.64. The normalized spacial score (nSPS) is 17.0. The third kappa shape index (κ3) is 7.43. The lowest BCUT2D eigenvalue weighted by atomic mass is 9.92. The van der Waals surface area contributed by atoms with E-state index in [0.29, 0.717) is 18.7 Å². The summed E-state index contributed by atoms with van der Waals surface area (Å²) in [5, 5.41) is 15.7. The number of hydrogen-bond acceptors (Lipinski definition) is 8. The molecule has 11 heteroatoms. The number of benzene rings is 3. The van der Waals surface area contributed by atoms with Crippen molar-refractivity contribution in [3.8, 4) is 5.75 Å². The molecule has 1 aromatic heterocycles. The molecule has 0 saturated carbocycles. The van der Waals surface area contributed by atoms with Crippen LogP contribution in [0.3, 0.4) is 0 Å². The van der Waals surface area contributed by atoms with Gasteiger partial charge in [-0.3, -0.25) is 4.79 Å². The highest BCUT2D eigenvalue weighted by Crippen LogP contribution is 2.38. The first-order valence-electron chi connectivity index (χ1n) is 13.9. The van der Waals surface area contributed by atoms with E-state index >= 15 is 0 Å². The van der Waals surface area contributed by atoms with Crippen molar-refractivity contribution in [2.75, 3.05) is 33.4 Å². The average molecular weight is 623 g/mol. The highest BCUT2D eigenvalue weighted by atomic mass is 32.2. The van der Waals surface area contributed by atoms with Crippen molar-refractivity contribution in [2.45, 2.75) is 30.1 Å². The summed E-state index contributed by atoms with van der Waals surface area (Å²) in [7, 11) is -2.39. The first-order valence-corrected chi connectivity index (χ1v) is 16.2. The van der Waals surface area contributed by atoms with E-state index in [1.807, 2.05) is 48.5 Å². The van der Waals surface area contributed by atoms with Crippen LogP contribution in [-0.2, 0) is 30.8 Å². The summed E-state index contributed by atoms with van der Waals surface area (Å²) in [5.74, 6) is 0.190. The number of rotatable bonds is 13. The molecule has 1 aliphatic rings. The third-order valence-corrected chi connectivity index (χ3v) is 10.1. The van der Waals surface area contributed by atoms with Gasteiger partial charge in [-0.15, -0.1) is 11.3 Å². The third-order valence-electron chi connectivity index (χ3n) is 7.18. The van der Waals surface area contributed by atoms with Gasteiger partial charge in [0.15, 0.2) is 5.76 Å². The van der Waals surface area contributed by atoms with Crippen LogP contribution in [0, 0.1) is 0 Å². The number of aliphatic hydroxyl groups is 1. The highest BCUT2D eigenvalue weighted by Gasteiger charge is 2.31. The van der Waals surface area contributed by atoms with Crippen LogP contribution in [0.4, 0.5) is 0 Å². The van der Waals surface area contributed by atoms with Gasteiger partial charge in [0.2, 0.25) is 16.3 Å². The molecule has 226 valence electrons. The van der Waals surface area contributed by atoms with Gasteiger partial charge in [0, 0.05) is 36.7 Å². The highest BCUT2D eigenvalue weighted by molar-refractivity contribution is 7.89. The summed E-state index contributed by atoms with van der Waals surface area (Å²) < 4.78 is 46.1. The molecule has 2 heterocycles. The minimum atomic E-state index is -3.90. The van der Waals surface area contributed by atoms with E-state index < -0.39 is 16.3 Å². The number of carbonyl (C=O) groups excluding carboxylic acids is 1. The Morgan fingerprint density at radius 2 is 1.79 bits per heavy atom. The monoisotopic (exact) mass is 622 g/mol. The molecule has 0 bridgehead atoms. The van der Waals surface area contributed by atoms with E-state index in [1.54, 1.807) is 23.5 Å². The zero-order valence-corrected chi connectivity index (χ0v) is 25.4. The predicted octanol–water partition coefficient (Wildman–Crippen LogP) is 4.64. The lowest BCUT2D eigenvalue weighted by Gasteiger charge is -2.30. The van der Waals surface area contributed by atoms with E-state index in [-0.39, 0.29) is 48.8 Å². The van der Waals surface area contributed by atoms with Crippen LogP contribution < -0.4 is 10.1 Å². The minimum absolute atomic E-state index is 0.00390. The SMILES string of the molecule is COc1ccc(S(=O)(=O)N(CCO)CCO[C@@H]2C[C@H](c3csc4ccccc34)C=C(C(=O)NCc3ccccc3)O2)cc1. The Hall–Kier alpha value is -3.74. The van der Waals surface area contributed by atoms with E-state index in [0.717, 1.165) is 21.2 Å². The first kappa shape index (κ1) is 30.7. The van der Waals surface area contributed by atoms with Crippen molar-refractivity contribution < 1.29 is 32.5 Å². The maximum absolute atomic E-state index is 13.3. The van der Waals surface area contributed by atoms with Crippen LogP contribution in [0.25, 0.3) is 10.1 Å². The molecule has 0 spiro atoms. The standard InChI is InChI=1S/C32H34N2O7S2/c1-39-25-11-13-26(14-12-25)43(37,38)34(15-17-35)16-18-40-31-20-24(28-22-42-30-10-6-5-9-27(28)30)19-29(41-31)32(36)33-21-23-7-3-2-4-8-23/h2-14,19,22,24,31,35H,15-18,20-21H2,1H3,(H,33,36)/t24-,31+/m1/s1. The smallest absolute Gasteiger partial charge is 0.286 e. The Morgan fingerprint density at radius 1 is 1.05 bits per heavy atom. The fraction of sp³-hybridized carbons (Fsp3) is 0.281. The van der Waals surface area contributed by atoms with Crippen molar-refractivity contribution in [1.29, 1.82) is 0 Å². The van der Waals surface area contributed by atoms with Crippen molar-refractivity contribution in [2.24, 2.45) is 0 Å². The average Bonchev–Trinajstić information content (AvgIpc) is 3.48. The van der Waals surface area contributed by atoms with Crippen LogP contribution in [0.2, 0.25) is 0 Å². The molecule has 0 saturated heterocycles. The van der Waals surface area contributed by atoms with Gasteiger partial charge in [-0.25, -0.2) is 8.42 Å². The summed E-state index contributed by atoms with van der Waals surface area (Å²) in [5.41, 5.74) is 2.04. The van der Waals surface area contributed by atoms with Gasteiger partial charge < -0.3 is 24.6 Å². The number of ether oxygens (including phenoxy) is 3. The molecule has 3 aromatic carbocycles. The zero-order valence-electron chi connectivity index (χ0n) is 23.7. The molecule has 43 heavy (non-hydrogen) atoms. The summed E-state index contributed by atoms with van der Waals surface area (Å²) in [6, 6.07) is 23.8. The van der Waals surface area contributed by atoms with Gasteiger partial charge in [-0.05, 0) is 58.3 Å². The molecule has 2 atom stereocenters. The maximum Gasteiger partial charge on any atom is 0.286 e. The number of carbonyl (C=O) groups is 1. The minimum Gasteiger partial charge on any atom is -0.497 e. The Bertz CT molecular complexity index is 1650. The molecule has 0 unspecified atom stereocenters. The Balaban J connectivity index is 1.30. The number of hydrogen-bond donors (Lipinski definition) is 2. The second-order valence-corrected chi connectivity index (χ2v) is 12.8. The Labute approximate surface area is 255 Å². The number of aliphatic hydroxyl groups excluding tert-OH is 1. The number of allylic oxidation sites excluding steroid dienone is 1. The molecule has 1 aliphatic heterocycles. The molecule has 0 aliphatic carbocycles. The number of amides is 1. The number of sulfonamides is 1. The quantitative estimate of drug-likeness (QED) is 0.223. The lowest BCUT2D eigenvalue weighted by molar-refractivity contribution is -0.146. The second-order valence-electron chi connectivity index (χ2n) is 9.95. The molecule has 0 radical (unpaired) electrons. The van der Waals surface area contributed by atoms with Crippen LogP contribution >= 0.6 is 11.3 Å². The van der Waals surface area contributed by atoms with E-state index in [9.17, 15) is 18.3 Å². The largest absolute Gasteiger partial charge is 0.497 e. The van der Waals surface area contributed by atoms with Gasteiger partial charge in [-0.2, -0.15) is 4.31 Å². The van der Waals surface area contributed by atoms with E-state index in [2.05, 4.69) is 22.8 Å². The summed E-state index contributed by atoms with van der Waals surface area (Å²) in [6.45, 7) is -0.121. The number of nitrogens with one attached hydrogen (secondary N) is 1. The number of methoxy groups -OCH3 is 1. The fourth-order valence-electron chi connectivity index (χ4n) is 4.93. The number of nitrogens with zero attached hydrogens (tertiary/aromatic N) is 1. The van der Waals surface area contributed by atoms with Gasteiger partial charge in [0.25, 0.3) is 5.91 Å². The van der Waals surface area contributed by atoms with Crippen LogP contribution in [0.5, 0.6) is 5.75 Å². The maximum atomic E-state index is 13.3. The fourth-order valence-corrected chi connectivity index (χ4v) is 7.37. The molecular weight excluding hydrogens is 588 g/mol. The van der Waals surface area contributed by atoms with E-state index in [1.165, 1.54) is 23.5 Å². The summed E-state index contributed by atoms with van der Waals surface area (Å²) in [4.78, 5) is 13.3. The number of fused-ring (bicyclic) bond motifs is 1. The molecule has 1 amide bonds. The van der Waals surface area contributed by atoms with Crippen molar-refractivity contribution in [1.82, 2.24) is 9.62 Å². The lowest BCUT2D eigenvalue weighted by Crippen LogP contribution is -2.38. The Morgan fingerprint density at radius 3 is 2.53 bits per heavy atom. The molecule has 4 aromatic rings. The molecular formula is C32H34N2O7S2. The van der Waals surface area contributed by atoms with Gasteiger partial charge in [0.1, 0.15) is 5.75 Å². The molecule has 9 nitrogen and oxygen atoms in total. The van der Waals surface area contributed by atoms with Crippen molar-refractivity contribution in [3.63, 3.8) is 0 Å². The van der Waals surface area contributed by atoms with Crippen molar-refractivity contribution >= 4 is 37.4 Å². The Kier molecular flexibility index (Phi) is 10.1. The zero-order chi connectivity index (χ0) is 30.2. The van der Waals surface area contributed by atoms with Gasteiger partial charge >= 0.3 is 0 Å². The first-order chi connectivity index (χ1) is 20.9. The summed E-state index contributed by atoms with van der Waals surface area (Å²) in [6.07, 6.45) is 1.49. The van der Waals surface area contributed by atoms with Crippen LogP contribution in [-0.4, -0.2) is 63.4 Å². The van der Waals surface area contributed by atoms with Crippen LogP contribution in [0.15, 0.2) is 101 Å². The molecule has 0 fully saturated rings. The van der Waals surface area contributed by atoms with Gasteiger partial charge in [-0.1, -0.05) is 48.5 Å². The molecule has 2 N–H and O–H groups in total. The second kappa shape index (κ2) is 14.2. The van der Waals surface area contributed by atoms with E-state index in [4.69, 9.17) is 14.2 Å². The van der Waals surface area contributed by atoms with Crippen LogP contribution in [0.1, 0.15) is 23.5 Å². The van der Waals surface area contributed by atoms with Crippen molar-refractivity contribution in [3.05, 3.63) is 107 Å². The molecule has 5 rings (SSSR count). The number of thiophene rings is 1. The van der Waals surface area contributed by atoms with Gasteiger partial charge in [0.05, 0.1) is 25.2 Å².